The maximum absolute atomic E-state index is 9.50. The molecule has 10 nitrogen and oxygen atoms in total. The standard InChI is InChI=1S/C29H44N8O2/c1-21(2)11-12-38-29-27(18-37(36-29)26-7-5-4-6-8-26)35-20-34-17-25(15-31)23-9-10-24(14-30)28(13-23)39-22(3)16-33-19-32/h9-10,13,15,17-19,21-22,26,29,35-36H,4-8,11-12,16,20,31H2,1-3H3,(H2,32,33)/b25-15+,34-17-/t22-,29?/m0/s1. The molecule has 1 unspecified atom stereocenters. The van der Waals surface area contributed by atoms with Gasteiger partial charge in [0.15, 0.2) is 6.23 Å². The Balaban J connectivity index is 1.64. The van der Waals surface area contributed by atoms with Crippen LogP contribution in [0, 0.1) is 17.2 Å². The summed E-state index contributed by atoms with van der Waals surface area (Å²) in [6, 6.07) is 7.99. The largest absolute Gasteiger partial charge is 0.487 e. The predicted molar refractivity (Wildman–Crippen MR) is 157 cm³/mol. The van der Waals surface area contributed by atoms with E-state index in [0.29, 0.717) is 48.7 Å². The van der Waals surface area contributed by atoms with E-state index >= 15 is 0 Å². The minimum Gasteiger partial charge on any atom is -0.487 e. The maximum Gasteiger partial charge on any atom is 0.166 e. The van der Waals surface area contributed by atoms with E-state index in [4.69, 9.17) is 20.9 Å². The van der Waals surface area contributed by atoms with Gasteiger partial charge in [0.2, 0.25) is 0 Å². The van der Waals surface area contributed by atoms with Gasteiger partial charge in [0, 0.05) is 36.8 Å². The van der Waals surface area contributed by atoms with Crippen LogP contribution in [-0.2, 0) is 4.74 Å². The molecule has 39 heavy (non-hydrogen) atoms. The minimum atomic E-state index is -0.243. The van der Waals surface area contributed by atoms with Crippen LogP contribution in [0.1, 0.15) is 70.4 Å². The molecule has 212 valence electrons. The monoisotopic (exact) mass is 536 g/mol. The molecule has 0 aromatic heterocycles. The SMILES string of the molecule is CC(C)CCOC1NN(C2CCCCC2)C=C1NC/N=C\C(=C/N)c1ccc(C#N)c(O[C@@H](C)CN=CN)c1. The first kappa shape index (κ1) is 30.0. The Hall–Kier alpha value is -3.55. The van der Waals surface area contributed by atoms with Gasteiger partial charge in [-0.1, -0.05) is 39.2 Å². The Morgan fingerprint density at radius 1 is 1.23 bits per heavy atom. The third-order valence-electron chi connectivity index (χ3n) is 6.79. The number of nitriles is 1. The van der Waals surface area contributed by atoms with Gasteiger partial charge in [0.05, 0.1) is 24.1 Å². The lowest BCUT2D eigenvalue weighted by Crippen LogP contribution is -2.45. The highest BCUT2D eigenvalue weighted by molar-refractivity contribution is 6.09. The lowest BCUT2D eigenvalue weighted by atomic mass is 9.95. The molecule has 2 aliphatic rings. The van der Waals surface area contributed by atoms with Crippen molar-refractivity contribution in [3.63, 3.8) is 0 Å². The van der Waals surface area contributed by atoms with Crippen LogP contribution in [0.2, 0.25) is 0 Å². The summed E-state index contributed by atoms with van der Waals surface area (Å²) in [4.78, 5) is 8.58. The number of nitrogens with two attached hydrogens (primary N) is 2. The van der Waals surface area contributed by atoms with Gasteiger partial charge in [-0.25, -0.2) is 5.43 Å². The van der Waals surface area contributed by atoms with Crippen LogP contribution in [0.15, 0.2) is 46.3 Å². The van der Waals surface area contributed by atoms with E-state index in [0.717, 1.165) is 17.7 Å². The number of nitrogens with zero attached hydrogens (tertiary/aromatic N) is 4. The lowest BCUT2D eigenvalue weighted by Gasteiger charge is -2.31. The first-order chi connectivity index (χ1) is 18.9. The summed E-state index contributed by atoms with van der Waals surface area (Å²) in [7, 11) is 0. The average molecular weight is 537 g/mol. The van der Waals surface area contributed by atoms with Gasteiger partial charge in [0.1, 0.15) is 24.6 Å². The van der Waals surface area contributed by atoms with Gasteiger partial charge in [-0.15, -0.1) is 0 Å². The molecule has 1 aromatic rings. The molecule has 0 spiro atoms. The molecule has 0 amide bonds. The highest BCUT2D eigenvalue weighted by Gasteiger charge is 2.29. The Bertz CT molecular complexity index is 1070. The number of aliphatic imine (C=N–C) groups is 2. The second kappa shape index (κ2) is 15.8. The fraction of sp³-hybridized carbons (Fsp3) is 0.552. The van der Waals surface area contributed by atoms with E-state index < -0.39 is 0 Å². The lowest BCUT2D eigenvalue weighted by molar-refractivity contribution is 0.00586. The number of benzene rings is 1. The molecular formula is C29H44N8O2. The van der Waals surface area contributed by atoms with Crippen molar-refractivity contribution in [1.82, 2.24) is 15.8 Å². The molecule has 1 aliphatic carbocycles. The van der Waals surface area contributed by atoms with Gasteiger partial charge in [-0.05, 0) is 49.8 Å². The Kier molecular flexibility index (Phi) is 12.1. The third kappa shape index (κ3) is 9.30. The highest BCUT2D eigenvalue weighted by atomic mass is 16.5. The van der Waals surface area contributed by atoms with E-state index in [-0.39, 0.29) is 12.3 Å². The molecule has 0 radical (unpaired) electrons. The number of ether oxygens (including phenoxy) is 2. The summed E-state index contributed by atoms with van der Waals surface area (Å²) in [5.74, 6) is 1.05. The second-order valence-electron chi connectivity index (χ2n) is 10.4. The number of rotatable bonds is 14. The van der Waals surface area contributed by atoms with Crippen molar-refractivity contribution in [2.75, 3.05) is 19.8 Å². The Morgan fingerprint density at radius 3 is 2.72 bits per heavy atom. The van der Waals surface area contributed by atoms with Crippen LogP contribution in [0.25, 0.3) is 5.57 Å². The summed E-state index contributed by atoms with van der Waals surface area (Å²) in [6.45, 7) is 7.72. The van der Waals surface area contributed by atoms with Crippen LogP contribution in [0.3, 0.4) is 0 Å². The molecule has 1 aliphatic heterocycles. The van der Waals surface area contributed by atoms with Crippen molar-refractivity contribution in [1.29, 1.82) is 5.26 Å². The topological polar surface area (TPSA) is 146 Å². The normalized spacial score (nSPS) is 19.6. The van der Waals surface area contributed by atoms with Crippen molar-refractivity contribution < 1.29 is 9.47 Å². The van der Waals surface area contributed by atoms with Crippen molar-refractivity contribution >= 4 is 18.1 Å². The smallest absolute Gasteiger partial charge is 0.166 e. The molecule has 1 aromatic carbocycles. The minimum absolute atomic E-state index is 0.214. The molecule has 1 heterocycles. The zero-order chi connectivity index (χ0) is 28.0. The quantitative estimate of drug-likeness (QED) is 0.208. The second-order valence-corrected chi connectivity index (χ2v) is 10.4. The van der Waals surface area contributed by atoms with Crippen LogP contribution < -0.4 is 26.9 Å². The zero-order valence-electron chi connectivity index (χ0n) is 23.5. The molecular weight excluding hydrogens is 492 g/mol. The molecule has 6 N–H and O–H groups in total. The maximum atomic E-state index is 9.50. The number of allylic oxidation sites excluding steroid dienone is 1. The number of hydrogen-bond acceptors (Lipinski definition) is 9. The first-order valence-corrected chi connectivity index (χ1v) is 13.9. The van der Waals surface area contributed by atoms with Crippen molar-refractivity contribution in [3.8, 4) is 11.8 Å². The summed E-state index contributed by atoms with van der Waals surface area (Å²) in [5, 5.41) is 15.1. The van der Waals surface area contributed by atoms with Crippen LogP contribution in [0.5, 0.6) is 5.75 Å². The fourth-order valence-corrected chi connectivity index (χ4v) is 4.57. The number of hydrogen-bond donors (Lipinski definition) is 4. The van der Waals surface area contributed by atoms with Gasteiger partial charge < -0.3 is 31.3 Å². The van der Waals surface area contributed by atoms with Crippen LogP contribution in [-0.4, -0.2) is 55.8 Å². The average Bonchev–Trinajstić information content (AvgIpc) is 3.35. The van der Waals surface area contributed by atoms with Crippen molar-refractivity contribution in [2.45, 2.75) is 77.7 Å². The van der Waals surface area contributed by atoms with Crippen molar-refractivity contribution in [2.24, 2.45) is 27.4 Å². The summed E-state index contributed by atoms with van der Waals surface area (Å²) in [6.07, 6.45) is 13.4. The highest BCUT2D eigenvalue weighted by Crippen LogP contribution is 2.26. The van der Waals surface area contributed by atoms with Gasteiger partial charge in [-0.2, -0.15) is 5.26 Å². The Labute approximate surface area is 232 Å². The molecule has 2 atom stereocenters. The summed E-state index contributed by atoms with van der Waals surface area (Å²) in [5.41, 5.74) is 17.7. The van der Waals surface area contributed by atoms with Gasteiger partial charge in [0.25, 0.3) is 0 Å². The molecule has 0 bridgehead atoms. The third-order valence-corrected chi connectivity index (χ3v) is 6.79. The molecule has 3 rings (SSSR count). The van der Waals surface area contributed by atoms with Gasteiger partial charge >= 0.3 is 0 Å². The van der Waals surface area contributed by atoms with E-state index in [1.165, 1.54) is 44.6 Å². The molecule has 0 saturated heterocycles. The van der Waals surface area contributed by atoms with Crippen LogP contribution in [0.4, 0.5) is 0 Å². The number of nitrogens with one attached hydrogen (secondary N) is 2. The molecule has 1 saturated carbocycles. The first-order valence-electron chi connectivity index (χ1n) is 13.9. The molecule has 10 heteroatoms. The van der Waals surface area contributed by atoms with E-state index in [2.05, 4.69) is 51.9 Å². The summed E-state index contributed by atoms with van der Waals surface area (Å²) < 4.78 is 12.1. The van der Waals surface area contributed by atoms with Gasteiger partial charge in [-0.3, -0.25) is 9.98 Å². The molecule has 1 fully saturated rings. The zero-order valence-corrected chi connectivity index (χ0v) is 23.5. The van der Waals surface area contributed by atoms with E-state index in [1.807, 2.05) is 13.0 Å². The summed E-state index contributed by atoms with van der Waals surface area (Å²) >= 11 is 0. The number of hydrazine groups is 1. The van der Waals surface area contributed by atoms with Crippen molar-refractivity contribution in [3.05, 3.63) is 47.4 Å². The fourth-order valence-electron chi connectivity index (χ4n) is 4.57. The van der Waals surface area contributed by atoms with E-state index in [9.17, 15) is 5.26 Å². The van der Waals surface area contributed by atoms with E-state index in [1.54, 1.807) is 18.3 Å². The van der Waals surface area contributed by atoms with Crippen LogP contribution >= 0.6 is 0 Å². The Morgan fingerprint density at radius 2 is 2.03 bits per heavy atom. The predicted octanol–water partition coefficient (Wildman–Crippen LogP) is 3.61.